The first-order chi connectivity index (χ1) is 11.7. The number of imidazole rings is 1. The Morgan fingerprint density at radius 1 is 1.25 bits per heavy atom. The normalized spacial score (nSPS) is 10.5. The molecule has 3 rings (SSSR count). The average molecular weight is 324 g/mol. The smallest absolute Gasteiger partial charge is 0.258 e. The lowest BCUT2D eigenvalue weighted by molar-refractivity contribution is 0.102. The van der Waals surface area contributed by atoms with Gasteiger partial charge in [0.05, 0.1) is 29.5 Å². The van der Waals surface area contributed by atoms with Gasteiger partial charge in [-0.3, -0.25) is 9.48 Å². The second-order valence-corrected chi connectivity index (χ2v) is 5.48. The van der Waals surface area contributed by atoms with Crippen molar-refractivity contribution >= 4 is 17.3 Å². The van der Waals surface area contributed by atoms with Crippen LogP contribution < -0.4 is 10.6 Å². The van der Waals surface area contributed by atoms with Crippen LogP contribution in [0.25, 0.3) is 0 Å². The molecule has 7 heteroatoms. The highest BCUT2D eigenvalue weighted by molar-refractivity contribution is 6.05. The van der Waals surface area contributed by atoms with Crippen molar-refractivity contribution < 1.29 is 4.79 Å². The molecule has 0 saturated heterocycles. The van der Waals surface area contributed by atoms with E-state index < -0.39 is 0 Å². The first-order valence-electron chi connectivity index (χ1n) is 7.81. The summed E-state index contributed by atoms with van der Waals surface area (Å²) in [7, 11) is 1.78. The minimum Gasteiger partial charge on any atom is -0.383 e. The molecule has 0 bridgehead atoms. The van der Waals surface area contributed by atoms with Crippen molar-refractivity contribution in [2.75, 3.05) is 17.2 Å². The van der Waals surface area contributed by atoms with Gasteiger partial charge in [0, 0.05) is 38.7 Å². The average Bonchev–Trinajstić information content (AvgIpc) is 3.24. The fraction of sp³-hybridized carbons (Fsp3) is 0.235. The predicted octanol–water partition coefficient (Wildman–Crippen LogP) is 2.37. The number of hydrogen-bond acceptors (Lipinski definition) is 4. The zero-order valence-corrected chi connectivity index (χ0v) is 13.5. The van der Waals surface area contributed by atoms with Crippen LogP contribution in [0.5, 0.6) is 0 Å². The van der Waals surface area contributed by atoms with Gasteiger partial charge in [0.2, 0.25) is 0 Å². The van der Waals surface area contributed by atoms with Crippen LogP contribution >= 0.6 is 0 Å². The van der Waals surface area contributed by atoms with E-state index in [1.54, 1.807) is 30.3 Å². The Morgan fingerprint density at radius 3 is 2.79 bits per heavy atom. The first-order valence-corrected chi connectivity index (χ1v) is 7.81. The third kappa shape index (κ3) is 4.01. The number of aryl methyl sites for hydroxylation is 2. The van der Waals surface area contributed by atoms with Gasteiger partial charge in [-0.1, -0.05) is 12.1 Å². The first kappa shape index (κ1) is 15.8. The number of amides is 1. The SMILES string of the molecule is Cn1cc(C(=O)Nc2ccccc2NCCCn2ccnc2)cn1. The summed E-state index contributed by atoms with van der Waals surface area (Å²) in [4.78, 5) is 16.3. The van der Waals surface area contributed by atoms with E-state index in [9.17, 15) is 4.79 Å². The van der Waals surface area contributed by atoms with Gasteiger partial charge in [0.1, 0.15) is 0 Å². The number of nitrogens with one attached hydrogen (secondary N) is 2. The van der Waals surface area contributed by atoms with Gasteiger partial charge in [-0.2, -0.15) is 5.10 Å². The van der Waals surface area contributed by atoms with Crippen LogP contribution in [0.1, 0.15) is 16.8 Å². The molecule has 2 N–H and O–H groups in total. The Morgan fingerprint density at radius 2 is 2.08 bits per heavy atom. The number of anilines is 2. The molecule has 0 aliphatic rings. The number of rotatable bonds is 7. The summed E-state index contributed by atoms with van der Waals surface area (Å²) in [5.74, 6) is -0.171. The number of carbonyl (C=O) groups excluding carboxylic acids is 1. The molecule has 124 valence electrons. The van der Waals surface area contributed by atoms with Crippen molar-refractivity contribution in [3.63, 3.8) is 0 Å². The molecule has 0 unspecified atom stereocenters. The summed E-state index contributed by atoms with van der Waals surface area (Å²) in [6.07, 6.45) is 9.73. The minimum atomic E-state index is -0.171. The van der Waals surface area contributed by atoms with Crippen LogP contribution in [0, 0.1) is 0 Å². The zero-order valence-electron chi connectivity index (χ0n) is 13.5. The van der Waals surface area contributed by atoms with E-state index in [0.717, 1.165) is 30.9 Å². The van der Waals surface area contributed by atoms with Crippen LogP contribution in [0.3, 0.4) is 0 Å². The van der Waals surface area contributed by atoms with E-state index >= 15 is 0 Å². The summed E-state index contributed by atoms with van der Waals surface area (Å²) in [5, 5.41) is 10.3. The molecule has 2 aromatic heterocycles. The van der Waals surface area contributed by atoms with Gasteiger partial charge < -0.3 is 15.2 Å². The van der Waals surface area contributed by atoms with E-state index in [1.807, 2.05) is 41.4 Å². The molecule has 1 amide bonds. The van der Waals surface area contributed by atoms with Gasteiger partial charge >= 0.3 is 0 Å². The van der Waals surface area contributed by atoms with Crippen molar-refractivity contribution in [2.24, 2.45) is 7.05 Å². The van der Waals surface area contributed by atoms with E-state index in [4.69, 9.17) is 0 Å². The quantitative estimate of drug-likeness (QED) is 0.654. The Bertz CT molecular complexity index is 793. The topological polar surface area (TPSA) is 76.8 Å². The molecule has 0 aliphatic heterocycles. The lowest BCUT2D eigenvalue weighted by Crippen LogP contribution is -2.14. The van der Waals surface area contributed by atoms with E-state index in [0.29, 0.717) is 5.56 Å². The monoisotopic (exact) mass is 324 g/mol. The standard InChI is InChI=1S/C17H20N6O/c1-22-12-14(11-20-22)17(24)21-16-6-3-2-5-15(16)19-7-4-9-23-10-8-18-13-23/h2-3,5-6,8,10-13,19H,4,7,9H2,1H3,(H,21,24). The van der Waals surface area contributed by atoms with Crippen LogP contribution in [0.15, 0.2) is 55.4 Å². The molecule has 2 heterocycles. The largest absolute Gasteiger partial charge is 0.383 e. The highest BCUT2D eigenvalue weighted by Crippen LogP contribution is 2.21. The summed E-state index contributed by atoms with van der Waals surface area (Å²) >= 11 is 0. The van der Waals surface area contributed by atoms with E-state index in [1.165, 1.54) is 0 Å². The second-order valence-electron chi connectivity index (χ2n) is 5.48. The molecular formula is C17H20N6O. The van der Waals surface area contributed by atoms with Crippen LogP contribution in [0.2, 0.25) is 0 Å². The molecule has 24 heavy (non-hydrogen) atoms. The highest BCUT2D eigenvalue weighted by Gasteiger charge is 2.10. The number of para-hydroxylation sites is 2. The number of nitrogens with zero attached hydrogens (tertiary/aromatic N) is 4. The van der Waals surface area contributed by atoms with Gasteiger partial charge in [-0.05, 0) is 18.6 Å². The van der Waals surface area contributed by atoms with E-state index in [-0.39, 0.29) is 5.91 Å². The van der Waals surface area contributed by atoms with Crippen LogP contribution in [-0.4, -0.2) is 31.8 Å². The number of benzene rings is 1. The summed E-state index contributed by atoms with van der Waals surface area (Å²) < 4.78 is 3.65. The van der Waals surface area contributed by atoms with Gasteiger partial charge in [-0.25, -0.2) is 4.98 Å². The van der Waals surface area contributed by atoms with Crippen LogP contribution in [-0.2, 0) is 13.6 Å². The number of aromatic nitrogens is 4. The Labute approximate surface area is 140 Å². The zero-order chi connectivity index (χ0) is 16.8. The van der Waals surface area contributed by atoms with Crippen molar-refractivity contribution in [3.05, 3.63) is 60.9 Å². The van der Waals surface area contributed by atoms with E-state index in [2.05, 4.69) is 20.7 Å². The Hall–Kier alpha value is -3.09. The molecule has 0 fully saturated rings. The molecule has 0 aliphatic carbocycles. The predicted molar refractivity (Wildman–Crippen MR) is 92.9 cm³/mol. The molecule has 0 spiro atoms. The molecule has 3 aromatic rings. The number of carbonyl (C=O) groups is 1. The fourth-order valence-electron chi connectivity index (χ4n) is 2.38. The Balaban J connectivity index is 1.57. The van der Waals surface area contributed by atoms with Crippen molar-refractivity contribution in [2.45, 2.75) is 13.0 Å². The van der Waals surface area contributed by atoms with Crippen molar-refractivity contribution in [1.82, 2.24) is 19.3 Å². The fourth-order valence-corrected chi connectivity index (χ4v) is 2.38. The molecule has 1 aromatic carbocycles. The third-order valence-electron chi connectivity index (χ3n) is 3.61. The lowest BCUT2D eigenvalue weighted by atomic mass is 10.2. The number of hydrogen-bond donors (Lipinski definition) is 2. The van der Waals surface area contributed by atoms with Crippen molar-refractivity contribution in [1.29, 1.82) is 0 Å². The third-order valence-corrected chi connectivity index (χ3v) is 3.61. The highest BCUT2D eigenvalue weighted by atomic mass is 16.1. The molecular weight excluding hydrogens is 304 g/mol. The van der Waals surface area contributed by atoms with Gasteiger partial charge in [0.15, 0.2) is 0 Å². The minimum absolute atomic E-state index is 0.171. The maximum absolute atomic E-state index is 12.3. The summed E-state index contributed by atoms with van der Waals surface area (Å²) in [6, 6.07) is 7.68. The molecule has 0 atom stereocenters. The maximum Gasteiger partial charge on any atom is 0.258 e. The lowest BCUT2D eigenvalue weighted by Gasteiger charge is -2.12. The van der Waals surface area contributed by atoms with Gasteiger partial charge in [0.25, 0.3) is 5.91 Å². The molecule has 0 radical (unpaired) electrons. The summed E-state index contributed by atoms with van der Waals surface area (Å²) in [6.45, 7) is 1.70. The molecule has 7 nitrogen and oxygen atoms in total. The van der Waals surface area contributed by atoms with Crippen LogP contribution in [0.4, 0.5) is 11.4 Å². The molecule has 0 saturated carbocycles. The van der Waals surface area contributed by atoms with Gasteiger partial charge in [-0.15, -0.1) is 0 Å². The maximum atomic E-state index is 12.3. The Kier molecular flexibility index (Phi) is 4.90. The second kappa shape index (κ2) is 7.45. The summed E-state index contributed by atoms with van der Waals surface area (Å²) in [5.41, 5.74) is 2.20. The van der Waals surface area contributed by atoms with Crippen molar-refractivity contribution in [3.8, 4) is 0 Å².